The zero-order valence-corrected chi connectivity index (χ0v) is 20.3. The van der Waals surface area contributed by atoms with E-state index in [0.717, 1.165) is 52.0 Å². The average Bonchev–Trinajstić information content (AvgIpc) is 3.44. The number of piperazine rings is 1. The van der Waals surface area contributed by atoms with Crippen molar-refractivity contribution in [2.24, 2.45) is 0 Å². The van der Waals surface area contributed by atoms with Crippen molar-refractivity contribution in [3.05, 3.63) is 35.9 Å². The third-order valence-electron chi connectivity index (χ3n) is 8.31. The molecule has 4 saturated heterocycles. The quantitative estimate of drug-likeness (QED) is 0.660. The van der Waals surface area contributed by atoms with Gasteiger partial charge in [-0.2, -0.15) is 0 Å². The third-order valence-corrected chi connectivity index (χ3v) is 8.31. The fourth-order valence-corrected chi connectivity index (χ4v) is 6.57. The molecule has 0 radical (unpaired) electrons. The number of rotatable bonds is 6. The van der Waals surface area contributed by atoms with Crippen LogP contribution in [0.1, 0.15) is 56.9 Å². The minimum atomic E-state index is -0.199. The Hall–Kier alpha value is -1.47. The first kappa shape index (κ1) is 23.3. The number of likely N-dealkylation sites (tertiary alicyclic amines) is 2. The lowest BCUT2D eigenvalue weighted by molar-refractivity contribution is -0.192. The largest absolute Gasteiger partial charge is 0.368 e. The first-order valence-corrected chi connectivity index (χ1v) is 13.5. The second kappa shape index (κ2) is 10.9. The minimum Gasteiger partial charge on any atom is -0.368 e. The number of ether oxygens (including phenoxy) is 1. The van der Waals surface area contributed by atoms with Gasteiger partial charge in [-0.05, 0) is 44.1 Å². The summed E-state index contributed by atoms with van der Waals surface area (Å²) in [6, 6.07) is 11.1. The molecule has 4 aliphatic heterocycles. The molecule has 1 aromatic carbocycles. The van der Waals surface area contributed by atoms with E-state index >= 15 is 0 Å². The molecular formula is C27H42N4O2. The number of hydrogen-bond acceptors (Lipinski definition) is 5. The summed E-state index contributed by atoms with van der Waals surface area (Å²) in [7, 11) is 0. The van der Waals surface area contributed by atoms with Gasteiger partial charge in [0, 0.05) is 65.4 Å². The Balaban J connectivity index is 1.41. The van der Waals surface area contributed by atoms with Crippen LogP contribution in [-0.2, 0) is 16.0 Å². The lowest BCUT2D eigenvalue weighted by Gasteiger charge is -2.60. The lowest BCUT2D eigenvalue weighted by Crippen LogP contribution is -2.74. The van der Waals surface area contributed by atoms with Gasteiger partial charge in [0.25, 0.3) is 5.91 Å². The van der Waals surface area contributed by atoms with Crippen LogP contribution in [0.2, 0.25) is 0 Å². The van der Waals surface area contributed by atoms with Crippen molar-refractivity contribution in [1.82, 2.24) is 19.6 Å². The van der Waals surface area contributed by atoms with Crippen molar-refractivity contribution in [2.45, 2.75) is 69.7 Å². The molecule has 0 aliphatic carbocycles. The standard InChI is InChI=1S/C27H42N4O2/c32-26(25-13-10-22-33-25)28-18-20-31(21-19-28)27(29-14-6-2-7-15-29,30-16-8-3-9-17-30)23-24-11-4-1-5-12-24/h1,4-5,11-12,25H,2-3,6-10,13-23H2. The SMILES string of the molecule is O=C(C1CCCO1)N1CCN(C(Cc2ccccc2)(N2CCCCC2)N2CCCCC2)CC1. The topological polar surface area (TPSA) is 39.3 Å². The van der Waals surface area contributed by atoms with Crippen LogP contribution in [0.25, 0.3) is 0 Å². The molecule has 1 amide bonds. The van der Waals surface area contributed by atoms with E-state index in [9.17, 15) is 4.79 Å². The van der Waals surface area contributed by atoms with Crippen molar-refractivity contribution < 1.29 is 9.53 Å². The van der Waals surface area contributed by atoms with Crippen molar-refractivity contribution >= 4 is 5.91 Å². The Morgan fingerprint density at radius 1 is 0.758 bits per heavy atom. The molecule has 1 atom stereocenters. The fraction of sp³-hybridized carbons (Fsp3) is 0.741. The molecular weight excluding hydrogens is 412 g/mol. The Morgan fingerprint density at radius 3 is 1.88 bits per heavy atom. The fourth-order valence-electron chi connectivity index (χ4n) is 6.57. The van der Waals surface area contributed by atoms with Gasteiger partial charge in [0.2, 0.25) is 0 Å². The van der Waals surface area contributed by atoms with Crippen LogP contribution >= 0.6 is 0 Å². The molecule has 6 nitrogen and oxygen atoms in total. The Bertz CT molecular complexity index is 729. The summed E-state index contributed by atoms with van der Waals surface area (Å²) < 4.78 is 5.71. The molecule has 182 valence electrons. The number of piperidine rings is 2. The van der Waals surface area contributed by atoms with E-state index < -0.39 is 0 Å². The van der Waals surface area contributed by atoms with Gasteiger partial charge in [-0.15, -0.1) is 0 Å². The molecule has 1 aromatic rings. The molecule has 4 fully saturated rings. The van der Waals surface area contributed by atoms with E-state index in [1.807, 2.05) is 0 Å². The van der Waals surface area contributed by atoms with Crippen molar-refractivity contribution in [1.29, 1.82) is 0 Å². The molecule has 0 bridgehead atoms. The van der Waals surface area contributed by atoms with Gasteiger partial charge in [-0.3, -0.25) is 19.5 Å². The first-order valence-electron chi connectivity index (χ1n) is 13.5. The summed E-state index contributed by atoms with van der Waals surface area (Å²) in [5.74, 6) is 0.137. The van der Waals surface area contributed by atoms with E-state index in [1.54, 1.807) is 0 Å². The van der Waals surface area contributed by atoms with Gasteiger partial charge in [0.1, 0.15) is 11.9 Å². The number of amides is 1. The van der Waals surface area contributed by atoms with E-state index in [0.29, 0.717) is 0 Å². The van der Waals surface area contributed by atoms with Gasteiger partial charge in [-0.25, -0.2) is 0 Å². The van der Waals surface area contributed by atoms with Crippen LogP contribution in [0.5, 0.6) is 0 Å². The van der Waals surface area contributed by atoms with Gasteiger partial charge >= 0.3 is 0 Å². The predicted octanol–water partition coefficient (Wildman–Crippen LogP) is 3.18. The summed E-state index contributed by atoms with van der Waals surface area (Å²) in [6.07, 6.45) is 10.6. The smallest absolute Gasteiger partial charge is 0.251 e. The average molecular weight is 455 g/mol. The Morgan fingerprint density at radius 2 is 1.33 bits per heavy atom. The summed E-state index contributed by atoms with van der Waals surface area (Å²) >= 11 is 0. The highest BCUT2D eigenvalue weighted by Gasteiger charge is 2.49. The van der Waals surface area contributed by atoms with E-state index in [4.69, 9.17) is 4.74 Å². The second-order valence-electron chi connectivity index (χ2n) is 10.3. The summed E-state index contributed by atoms with van der Waals surface area (Å²) in [6.45, 7) is 8.97. The summed E-state index contributed by atoms with van der Waals surface area (Å²) in [4.78, 5) is 23.5. The highest BCUT2D eigenvalue weighted by Crippen LogP contribution is 2.35. The number of benzene rings is 1. The maximum absolute atomic E-state index is 13.0. The van der Waals surface area contributed by atoms with Crippen molar-refractivity contribution in [3.63, 3.8) is 0 Å². The highest BCUT2D eigenvalue weighted by atomic mass is 16.5. The lowest BCUT2D eigenvalue weighted by atomic mass is 9.95. The number of carbonyl (C=O) groups excluding carboxylic acids is 1. The maximum Gasteiger partial charge on any atom is 0.251 e. The number of carbonyl (C=O) groups is 1. The molecule has 4 aliphatic rings. The first-order chi connectivity index (χ1) is 16.3. The number of nitrogens with zero attached hydrogens (tertiary/aromatic N) is 4. The normalized spacial score (nSPS) is 26.5. The summed E-state index contributed by atoms with van der Waals surface area (Å²) in [5.41, 5.74) is 1.42. The molecule has 5 rings (SSSR count). The van der Waals surface area contributed by atoms with Crippen LogP contribution in [-0.4, -0.2) is 96.4 Å². The molecule has 0 spiro atoms. The second-order valence-corrected chi connectivity index (χ2v) is 10.3. The molecule has 4 heterocycles. The van der Waals surface area contributed by atoms with E-state index in [2.05, 4.69) is 49.9 Å². The van der Waals surface area contributed by atoms with Crippen LogP contribution in [0.3, 0.4) is 0 Å². The molecule has 0 saturated carbocycles. The minimum absolute atomic E-state index is 0.0822. The van der Waals surface area contributed by atoms with Crippen LogP contribution in [0.15, 0.2) is 30.3 Å². The highest BCUT2D eigenvalue weighted by molar-refractivity contribution is 5.81. The maximum atomic E-state index is 13.0. The van der Waals surface area contributed by atoms with Crippen LogP contribution in [0, 0.1) is 0 Å². The predicted molar refractivity (Wildman–Crippen MR) is 131 cm³/mol. The molecule has 33 heavy (non-hydrogen) atoms. The van der Waals surface area contributed by atoms with Crippen LogP contribution < -0.4 is 0 Å². The van der Waals surface area contributed by atoms with Crippen LogP contribution in [0.4, 0.5) is 0 Å². The Kier molecular flexibility index (Phi) is 7.66. The molecule has 0 aromatic heterocycles. The molecule has 6 heteroatoms. The van der Waals surface area contributed by atoms with E-state index in [-0.39, 0.29) is 17.8 Å². The van der Waals surface area contributed by atoms with Gasteiger partial charge < -0.3 is 9.64 Å². The van der Waals surface area contributed by atoms with Crippen molar-refractivity contribution in [3.8, 4) is 0 Å². The summed E-state index contributed by atoms with van der Waals surface area (Å²) in [5, 5.41) is 0. The van der Waals surface area contributed by atoms with Gasteiger partial charge in [0.15, 0.2) is 0 Å². The Labute approximate surface area is 199 Å². The van der Waals surface area contributed by atoms with Gasteiger partial charge in [0.05, 0.1) is 0 Å². The monoisotopic (exact) mass is 454 g/mol. The number of hydrogen-bond donors (Lipinski definition) is 0. The molecule has 0 N–H and O–H groups in total. The zero-order chi connectivity index (χ0) is 22.5. The van der Waals surface area contributed by atoms with Gasteiger partial charge in [-0.1, -0.05) is 43.2 Å². The van der Waals surface area contributed by atoms with E-state index in [1.165, 1.54) is 70.3 Å². The third kappa shape index (κ3) is 5.00. The zero-order valence-electron chi connectivity index (χ0n) is 20.3. The van der Waals surface area contributed by atoms with Crippen molar-refractivity contribution in [2.75, 3.05) is 59.0 Å². The molecule has 1 unspecified atom stereocenters.